The fraction of sp³-hybridized carbons (Fsp3) is 0.0556. The second-order valence-corrected chi connectivity index (χ2v) is 5.79. The summed E-state index contributed by atoms with van der Waals surface area (Å²) in [5, 5.41) is 11.5. The van der Waals surface area contributed by atoms with E-state index in [2.05, 4.69) is 15.9 Å². The van der Waals surface area contributed by atoms with Gasteiger partial charge in [0.1, 0.15) is 17.9 Å². The van der Waals surface area contributed by atoms with Crippen LogP contribution in [0.25, 0.3) is 10.8 Å². The predicted molar refractivity (Wildman–Crippen MR) is 89.4 cm³/mol. The maximum absolute atomic E-state index is 11.3. The van der Waals surface area contributed by atoms with E-state index in [0.717, 1.165) is 16.3 Å². The first-order valence-corrected chi connectivity index (χ1v) is 7.57. The molecule has 0 aliphatic carbocycles. The highest BCUT2D eigenvalue weighted by molar-refractivity contribution is 9.10. The quantitative estimate of drug-likeness (QED) is 0.724. The number of hydrogen-bond donors (Lipinski definition) is 1. The smallest absolute Gasteiger partial charge is 0.339 e. The molecule has 0 bridgehead atoms. The van der Waals surface area contributed by atoms with Crippen molar-refractivity contribution >= 4 is 32.7 Å². The largest absolute Gasteiger partial charge is 0.488 e. The summed E-state index contributed by atoms with van der Waals surface area (Å²) in [5.74, 6) is -0.641. The van der Waals surface area contributed by atoms with Crippen LogP contribution in [-0.4, -0.2) is 11.1 Å². The van der Waals surface area contributed by atoms with Gasteiger partial charge in [0, 0.05) is 4.47 Å². The van der Waals surface area contributed by atoms with E-state index >= 15 is 0 Å². The Morgan fingerprint density at radius 2 is 1.82 bits per heavy atom. The van der Waals surface area contributed by atoms with Crippen LogP contribution in [-0.2, 0) is 6.61 Å². The summed E-state index contributed by atoms with van der Waals surface area (Å²) < 4.78 is 6.46. The van der Waals surface area contributed by atoms with Crippen LogP contribution in [0.1, 0.15) is 15.9 Å². The van der Waals surface area contributed by atoms with Crippen molar-refractivity contribution in [1.82, 2.24) is 0 Å². The van der Waals surface area contributed by atoms with E-state index in [1.807, 2.05) is 42.5 Å². The molecule has 0 unspecified atom stereocenters. The Bertz CT molecular complexity index is 837. The second kappa shape index (κ2) is 6.20. The van der Waals surface area contributed by atoms with E-state index in [1.54, 1.807) is 18.2 Å². The molecule has 3 rings (SSSR count). The molecule has 3 nitrogen and oxygen atoms in total. The highest BCUT2D eigenvalue weighted by Crippen LogP contribution is 2.25. The van der Waals surface area contributed by atoms with Gasteiger partial charge in [-0.05, 0) is 34.5 Å². The average molecular weight is 357 g/mol. The van der Waals surface area contributed by atoms with Gasteiger partial charge < -0.3 is 9.84 Å². The van der Waals surface area contributed by atoms with Crippen molar-refractivity contribution in [3.8, 4) is 5.75 Å². The summed E-state index contributed by atoms with van der Waals surface area (Å²) in [7, 11) is 0. The molecule has 0 aliphatic rings. The molecule has 0 radical (unpaired) electrons. The first kappa shape index (κ1) is 14.6. The maximum atomic E-state index is 11.3. The molecule has 0 aromatic heterocycles. The van der Waals surface area contributed by atoms with E-state index in [1.165, 1.54) is 0 Å². The fourth-order valence-corrected chi connectivity index (χ4v) is 2.73. The summed E-state index contributed by atoms with van der Waals surface area (Å²) >= 11 is 3.27. The van der Waals surface area contributed by atoms with Gasteiger partial charge in [-0.25, -0.2) is 4.79 Å². The summed E-state index contributed by atoms with van der Waals surface area (Å²) in [4.78, 5) is 11.3. The molecule has 0 saturated carbocycles. The van der Waals surface area contributed by atoms with Gasteiger partial charge in [0.15, 0.2) is 0 Å². The Morgan fingerprint density at radius 3 is 2.64 bits per heavy atom. The molecule has 0 aliphatic heterocycles. The highest BCUT2D eigenvalue weighted by Gasteiger charge is 2.12. The van der Waals surface area contributed by atoms with Crippen molar-refractivity contribution in [1.29, 1.82) is 0 Å². The van der Waals surface area contributed by atoms with Gasteiger partial charge in [0.05, 0.1) is 0 Å². The molecule has 1 N–H and O–H groups in total. The number of hydrogen-bond acceptors (Lipinski definition) is 2. The Hall–Kier alpha value is -2.33. The molecular weight excluding hydrogens is 344 g/mol. The molecule has 0 atom stereocenters. The van der Waals surface area contributed by atoms with Crippen molar-refractivity contribution in [2.75, 3.05) is 0 Å². The Balaban J connectivity index is 1.90. The highest BCUT2D eigenvalue weighted by atomic mass is 79.9. The van der Waals surface area contributed by atoms with Gasteiger partial charge in [-0.2, -0.15) is 0 Å². The zero-order chi connectivity index (χ0) is 15.5. The van der Waals surface area contributed by atoms with Crippen molar-refractivity contribution in [2.45, 2.75) is 6.61 Å². The van der Waals surface area contributed by atoms with E-state index in [0.29, 0.717) is 16.8 Å². The minimum absolute atomic E-state index is 0.148. The summed E-state index contributed by atoms with van der Waals surface area (Å²) in [6.07, 6.45) is 0. The number of halogens is 1. The van der Waals surface area contributed by atoms with Gasteiger partial charge in [0.25, 0.3) is 0 Å². The number of aromatic carboxylic acids is 1. The SMILES string of the molecule is O=C(O)c1cc(Br)ccc1OCc1cccc2ccccc12. The van der Waals surface area contributed by atoms with Crippen LogP contribution in [0.3, 0.4) is 0 Å². The summed E-state index contributed by atoms with van der Waals surface area (Å²) in [5.41, 5.74) is 1.17. The van der Waals surface area contributed by atoms with Crippen molar-refractivity contribution in [3.63, 3.8) is 0 Å². The molecule has 110 valence electrons. The zero-order valence-electron chi connectivity index (χ0n) is 11.6. The normalized spacial score (nSPS) is 10.6. The molecule has 0 heterocycles. The Morgan fingerprint density at radius 1 is 1.05 bits per heavy atom. The van der Waals surface area contributed by atoms with Crippen LogP contribution in [0.15, 0.2) is 65.1 Å². The standard InChI is InChI=1S/C18H13BrO3/c19-14-8-9-17(16(10-14)18(20)21)22-11-13-6-3-5-12-4-1-2-7-15(12)13/h1-10H,11H2,(H,20,21). The van der Waals surface area contributed by atoms with Gasteiger partial charge in [-0.15, -0.1) is 0 Å². The molecule has 0 fully saturated rings. The lowest BCUT2D eigenvalue weighted by Crippen LogP contribution is -2.03. The molecule has 3 aromatic rings. The predicted octanol–water partition coefficient (Wildman–Crippen LogP) is 4.88. The Labute approximate surface area is 136 Å². The lowest BCUT2D eigenvalue weighted by Gasteiger charge is -2.11. The van der Waals surface area contributed by atoms with E-state index in [9.17, 15) is 9.90 Å². The van der Waals surface area contributed by atoms with E-state index in [4.69, 9.17) is 4.74 Å². The first-order chi connectivity index (χ1) is 10.6. The molecule has 22 heavy (non-hydrogen) atoms. The third-order valence-electron chi connectivity index (χ3n) is 3.44. The lowest BCUT2D eigenvalue weighted by molar-refractivity contribution is 0.0691. The Kier molecular flexibility index (Phi) is 4.11. The first-order valence-electron chi connectivity index (χ1n) is 6.77. The van der Waals surface area contributed by atoms with Crippen LogP contribution in [0, 0.1) is 0 Å². The molecule has 4 heteroatoms. The summed E-state index contributed by atoms with van der Waals surface area (Å²) in [6.45, 7) is 0.323. The van der Waals surface area contributed by atoms with Crippen molar-refractivity contribution in [2.24, 2.45) is 0 Å². The molecule has 0 saturated heterocycles. The van der Waals surface area contributed by atoms with Crippen LogP contribution in [0.5, 0.6) is 5.75 Å². The lowest BCUT2D eigenvalue weighted by atomic mass is 10.1. The van der Waals surface area contributed by atoms with E-state index in [-0.39, 0.29) is 5.56 Å². The minimum Gasteiger partial charge on any atom is -0.488 e. The van der Waals surface area contributed by atoms with Gasteiger partial charge in [-0.1, -0.05) is 58.4 Å². The summed E-state index contributed by atoms with van der Waals surface area (Å²) in [6, 6.07) is 19.0. The van der Waals surface area contributed by atoms with Gasteiger partial charge >= 0.3 is 5.97 Å². The molecule has 3 aromatic carbocycles. The number of carboxylic acids is 1. The van der Waals surface area contributed by atoms with E-state index < -0.39 is 5.97 Å². The number of ether oxygens (including phenoxy) is 1. The number of benzene rings is 3. The van der Waals surface area contributed by atoms with Crippen LogP contribution >= 0.6 is 15.9 Å². The fourth-order valence-electron chi connectivity index (χ4n) is 2.37. The average Bonchev–Trinajstić information content (AvgIpc) is 2.53. The zero-order valence-corrected chi connectivity index (χ0v) is 13.2. The van der Waals surface area contributed by atoms with Gasteiger partial charge in [-0.3, -0.25) is 0 Å². The third-order valence-corrected chi connectivity index (χ3v) is 3.93. The minimum atomic E-state index is -1.01. The number of rotatable bonds is 4. The number of carbonyl (C=O) groups is 1. The van der Waals surface area contributed by atoms with Crippen LogP contribution in [0.4, 0.5) is 0 Å². The number of fused-ring (bicyclic) bond motifs is 1. The maximum Gasteiger partial charge on any atom is 0.339 e. The molecular formula is C18H13BrO3. The topological polar surface area (TPSA) is 46.5 Å². The van der Waals surface area contributed by atoms with Crippen molar-refractivity contribution < 1.29 is 14.6 Å². The van der Waals surface area contributed by atoms with Gasteiger partial charge in [0.2, 0.25) is 0 Å². The number of carboxylic acid groups (broad SMARTS) is 1. The second-order valence-electron chi connectivity index (χ2n) is 4.87. The van der Waals surface area contributed by atoms with Crippen LogP contribution < -0.4 is 4.74 Å². The monoisotopic (exact) mass is 356 g/mol. The van der Waals surface area contributed by atoms with Crippen LogP contribution in [0.2, 0.25) is 0 Å². The molecule has 0 amide bonds. The van der Waals surface area contributed by atoms with Crippen molar-refractivity contribution in [3.05, 3.63) is 76.3 Å². The third kappa shape index (κ3) is 2.97. The molecule has 0 spiro atoms.